The van der Waals surface area contributed by atoms with Gasteiger partial charge in [0.2, 0.25) is 0 Å². The second kappa shape index (κ2) is 6.80. The number of carboxylic acid groups (broad SMARTS) is 1. The van der Waals surface area contributed by atoms with E-state index < -0.39 is 5.97 Å². The maximum absolute atomic E-state index is 11.3. The highest BCUT2D eigenvalue weighted by molar-refractivity contribution is 9.10. The van der Waals surface area contributed by atoms with Crippen LogP contribution in [0.5, 0.6) is 0 Å². The summed E-state index contributed by atoms with van der Waals surface area (Å²) in [4.78, 5) is 13.5. The van der Waals surface area contributed by atoms with Crippen molar-refractivity contribution in [1.29, 1.82) is 0 Å². The number of aromatic nitrogens is 3. The molecule has 6 nitrogen and oxygen atoms in total. The lowest BCUT2D eigenvalue weighted by Gasteiger charge is -2.36. The Kier molecular flexibility index (Phi) is 4.77. The van der Waals surface area contributed by atoms with Gasteiger partial charge in [-0.15, -0.1) is 5.10 Å². The molecule has 1 saturated heterocycles. The summed E-state index contributed by atoms with van der Waals surface area (Å²) in [7, 11) is 0. The summed E-state index contributed by atoms with van der Waals surface area (Å²) in [5, 5.41) is 17.7. The molecule has 1 aromatic carbocycles. The van der Waals surface area contributed by atoms with Crippen molar-refractivity contribution in [2.75, 3.05) is 6.54 Å². The van der Waals surface area contributed by atoms with Gasteiger partial charge in [0.15, 0.2) is 0 Å². The summed E-state index contributed by atoms with van der Waals surface area (Å²) < 4.78 is 2.69. The van der Waals surface area contributed by atoms with Gasteiger partial charge in [0.25, 0.3) is 0 Å². The molecule has 1 N–H and O–H groups in total. The Morgan fingerprint density at radius 1 is 1.43 bits per heavy atom. The van der Waals surface area contributed by atoms with Crippen LogP contribution in [0.4, 0.5) is 0 Å². The summed E-state index contributed by atoms with van der Waals surface area (Å²) >= 11 is 3.51. The van der Waals surface area contributed by atoms with E-state index in [-0.39, 0.29) is 12.0 Å². The molecule has 7 heteroatoms. The Morgan fingerprint density at radius 2 is 2.22 bits per heavy atom. The molecule has 0 bridgehead atoms. The number of carbonyl (C=O) groups is 1. The number of hydrogen-bond acceptors (Lipinski definition) is 4. The van der Waals surface area contributed by atoms with Crippen molar-refractivity contribution >= 4 is 21.9 Å². The molecule has 0 saturated carbocycles. The van der Waals surface area contributed by atoms with Crippen molar-refractivity contribution in [3.8, 4) is 5.69 Å². The minimum Gasteiger partial charge on any atom is -0.481 e. The molecule has 2 aromatic rings. The van der Waals surface area contributed by atoms with Crippen LogP contribution in [0, 0.1) is 5.92 Å². The number of piperidine rings is 1. The Balaban J connectivity index is 1.74. The fraction of sp³-hybridized carbons (Fsp3) is 0.438. The van der Waals surface area contributed by atoms with Gasteiger partial charge in [0, 0.05) is 17.1 Å². The van der Waals surface area contributed by atoms with Crippen LogP contribution >= 0.6 is 15.9 Å². The third-order valence-electron chi connectivity index (χ3n) is 4.44. The number of aliphatic carboxylic acids is 1. The van der Waals surface area contributed by atoms with Gasteiger partial charge in [-0.3, -0.25) is 9.69 Å². The number of halogens is 1. The zero-order valence-corrected chi connectivity index (χ0v) is 14.5. The first-order valence-electron chi connectivity index (χ1n) is 7.69. The van der Waals surface area contributed by atoms with E-state index in [1.165, 1.54) is 0 Å². The highest BCUT2D eigenvalue weighted by Crippen LogP contribution is 2.25. The second-order valence-corrected chi connectivity index (χ2v) is 6.76. The van der Waals surface area contributed by atoms with Gasteiger partial charge in [0.05, 0.1) is 23.5 Å². The first kappa shape index (κ1) is 16.1. The maximum atomic E-state index is 11.3. The molecule has 2 heterocycles. The van der Waals surface area contributed by atoms with Crippen molar-refractivity contribution in [2.24, 2.45) is 5.92 Å². The lowest BCUT2D eigenvalue weighted by Crippen LogP contribution is -2.45. The summed E-state index contributed by atoms with van der Waals surface area (Å²) in [5.41, 5.74) is 1.78. The highest BCUT2D eigenvalue weighted by Gasteiger charge is 2.33. The van der Waals surface area contributed by atoms with Crippen LogP contribution in [-0.4, -0.2) is 43.6 Å². The van der Waals surface area contributed by atoms with Crippen LogP contribution in [0.25, 0.3) is 5.69 Å². The Bertz CT molecular complexity index is 703. The topological polar surface area (TPSA) is 71.2 Å². The fourth-order valence-electron chi connectivity index (χ4n) is 3.10. The standard InChI is InChI=1S/C16H19BrN4O2/c1-11-13(16(22)23)5-4-8-20(11)9-12-10-21(19-18-12)15-7-3-2-6-14(15)17/h2-3,6-7,10-11,13H,4-5,8-9H2,1H3,(H,22,23)/t11-,13-/m1/s1. The van der Waals surface area contributed by atoms with Crippen molar-refractivity contribution in [3.63, 3.8) is 0 Å². The van der Waals surface area contributed by atoms with E-state index in [0.717, 1.165) is 35.2 Å². The number of benzene rings is 1. The van der Waals surface area contributed by atoms with Crippen LogP contribution in [0.2, 0.25) is 0 Å². The van der Waals surface area contributed by atoms with Crippen molar-refractivity contribution < 1.29 is 9.90 Å². The van der Waals surface area contributed by atoms with Gasteiger partial charge < -0.3 is 5.11 Å². The van der Waals surface area contributed by atoms with Gasteiger partial charge >= 0.3 is 5.97 Å². The molecule has 23 heavy (non-hydrogen) atoms. The highest BCUT2D eigenvalue weighted by atomic mass is 79.9. The molecule has 0 radical (unpaired) electrons. The minimum absolute atomic E-state index is 0.00913. The first-order chi connectivity index (χ1) is 11.1. The normalized spacial score (nSPS) is 22.2. The quantitative estimate of drug-likeness (QED) is 0.885. The third kappa shape index (κ3) is 3.45. The van der Waals surface area contributed by atoms with Crippen molar-refractivity contribution in [2.45, 2.75) is 32.4 Å². The molecule has 0 aliphatic carbocycles. The molecule has 1 aliphatic rings. The van der Waals surface area contributed by atoms with Gasteiger partial charge in [-0.1, -0.05) is 17.3 Å². The average Bonchev–Trinajstić information content (AvgIpc) is 2.98. The SMILES string of the molecule is C[C@@H]1[C@H](C(=O)O)CCCN1Cc1cn(-c2ccccc2Br)nn1. The lowest BCUT2D eigenvalue weighted by molar-refractivity contribution is -0.145. The summed E-state index contributed by atoms with van der Waals surface area (Å²) in [6.07, 6.45) is 3.55. The largest absolute Gasteiger partial charge is 0.481 e. The number of carboxylic acids is 1. The molecular formula is C16H19BrN4O2. The number of hydrogen-bond donors (Lipinski definition) is 1. The van der Waals surface area contributed by atoms with Gasteiger partial charge in [0.1, 0.15) is 0 Å². The molecule has 2 atom stereocenters. The number of nitrogens with zero attached hydrogens (tertiary/aromatic N) is 4. The maximum Gasteiger partial charge on any atom is 0.308 e. The van der Waals surface area contributed by atoms with E-state index in [4.69, 9.17) is 0 Å². The zero-order chi connectivity index (χ0) is 16.4. The number of likely N-dealkylation sites (tertiary alicyclic amines) is 1. The molecule has 1 fully saturated rings. The van der Waals surface area contributed by atoms with Crippen LogP contribution in [0.15, 0.2) is 34.9 Å². The van der Waals surface area contributed by atoms with Gasteiger partial charge in [-0.05, 0) is 54.4 Å². The van der Waals surface area contributed by atoms with E-state index >= 15 is 0 Å². The van der Waals surface area contributed by atoms with Crippen molar-refractivity contribution in [1.82, 2.24) is 19.9 Å². The van der Waals surface area contributed by atoms with Crippen LogP contribution in [0.1, 0.15) is 25.5 Å². The lowest BCUT2D eigenvalue weighted by atomic mass is 9.90. The number of para-hydroxylation sites is 1. The van der Waals surface area contributed by atoms with E-state index in [9.17, 15) is 9.90 Å². The summed E-state index contributed by atoms with van der Waals surface area (Å²) in [5.74, 6) is -1.01. The fourth-order valence-corrected chi connectivity index (χ4v) is 3.57. The molecule has 122 valence electrons. The Morgan fingerprint density at radius 3 is 2.96 bits per heavy atom. The molecular weight excluding hydrogens is 360 g/mol. The molecule has 0 amide bonds. The van der Waals surface area contributed by atoms with E-state index in [0.29, 0.717) is 6.54 Å². The van der Waals surface area contributed by atoms with Crippen LogP contribution in [0.3, 0.4) is 0 Å². The van der Waals surface area contributed by atoms with Crippen molar-refractivity contribution in [3.05, 3.63) is 40.6 Å². The van der Waals surface area contributed by atoms with Crippen LogP contribution < -0.4 is 0 Å². The first-order valence-corrected chi connectivity index (χ1v) is 8.48. The molecule has 0 spiro atoms. The average molecular weight is 379 g/mol. The van der Waals surface area contributed by atoms with Gasteiger partial charge in [-0.25, -0.2) is 4.68 Å². The predicted octanol–water partition coefficient (Wildman–Crippen LogP) is 2.71. The van der Waals surface area contributed by atoms with E-state index in [1.807, 2.05) is 37.4 Å². The summed E-state index contributed by atoms with van der Waals surface area (Å²) in [6, 6.07) is 7.83. The Hall–Kier alpha value is -1.73. The minimum atomic E-state index is -0.709. The zero-order valence-electron chi connectivity index (χ0n) is 12.9. The van der Waals surface area contributed by atoms with E-state index in [1.54, 1.807) is 4.68 Å². The molecule has 3 rings (SSSR count). The smallest absolute Gasteiger partial charge is 0.308 e. The Labute approximate surface area is 143 Å². The van der Waals surface area contributed by atoms with Crippen LogP contribution in [-0.2, 0) is 11.3 Å². The number of rotatable bonds is 4. The predicted molar refractivity (Wildman–Crippen MR) is 89.3 cm³/mol. The monoisotopic (exact) mass is 378 g/mol. The summed E-state index contributed by atoms with van der Waals surface area (Å²) in [6.45, 7) is 3.50. The molecule has 1 aromatic heterocycles. The van der Waals surface area contributed by atoms with Gasteiger partial charge in [-0.2, -0.15) is 0 Å². The molecule has 1 aliphatic heterocycles. The third-order valence-corrected chi connectivity index (χ3v) is 5.11. The van der Waals surface area contributed by atoms with E-state index in [2.05, 4.69) is 31.1 Å². The molecule has 0 unspecified atom stereocenters. The second-order valence-electron chi connectivity index (χ2n) is 5.90.